The van der Waals surface area contributed by atoms with Crippen molar-refractivity contribution in [3.8, 4) is 11.5 Å². The van der Waals surface area contributed by atoms with Crippen LogP contribution >= 0.6 is 11.3 Å². The van der Waals surface area contributed by atoms with Crippen LogP contribution in [0.4, 0.5) is 18.3 Å². The molecule has 1 aromatic heterocycles. The van der Waals surface area contributed by atoms with E-state index in [0.717, 1.165) is 29.8 Å². The van der Waals surface area contributed by atoms with Crippen LogP contribution in [0.3, 0.4) is 0 Å². The lowest BCUT2D eigenvalue weighted by atomic mass is 10.1. The Bertz CT molecular complexity index is 781. The van der Waals surface area contributed by atoms with Gasteiger partial charge in [0.2, 0.25) is 11.0 Å². The smallest absolute Gasteiger partial charge is 0.422 e. The average molecular weight is 417 g/mol. The number of carbonyl (C=O) groups excluding carboxylic acids is 1. The third-order valence-corrected chi connectivity index (χ3v) is 4.62. The van der Waals surface area contributed by atoms with E-state index in [0.29, 0.717) is 11.6 Å². The Morgan fingerprint density at radius 1 is 1.21 bits per heavy atom. The van der Waals surface area contributed by atoms with Gasteiger partial charge in [0.25, 0.3) is 0 Å². The number of unbranched alkanes of at least 4 members (excludes halogenated alkanes) is 1. The lowest BCUT2D eigenvalue weighted by Crippen LogP contribution is -2.19. The van der Waals surface area contributed by atoms with Crippen molar-refractivity contribution in [2.24, 2.45) is 0 Å². The van der Waals surface area contributed by atoms with Crippen molar-refractivity contribution < 1.29 is 27.4 Å². The summed E-state index contributed by atoms with van der Waals surface area (Å²) in [5, 5.41) is 12.0. The fourth-order valence-corrected chi connectivity index (χ4v) is 3.12. The number of carbonyl (C=O) groups is 1. The molecule has 2 rings (SSSR count). The molecule has 1 N–H and O–H groups in total. The first-order valence-electron chi connectivity index (χ1n) is 8.79. The first-order valence-corrected chi connectivity index (χ1v) is 9.61. The van der Waals surface area contributed by atoms with Gasteiger partial charge in [0, 0.05) is 12.8 Å². The first-order chi connectivity index (χ1) is 13.3. The van der Waals surface area contributed by atoms with Gasteiger partial charge in [-0.3, -0.25) is 4.79 Å². The van der Waals surface area contributed by atoms with Crippen LogP contribution in [0.5, 0.6) is 11.5 Å². The van der Waals surface area contributed by atoms with Crippen LogP contribution in [0.15, 0.2) is 18.2 Å². The van der Waals surface area contributed by atoms with Crippen molar-refractivity contribution in [2.45, 2.75) is 45.2 Å². The monoisotopic (exact) mass is 417 g/mol. The number of methoxy groups -OCH3 is 1. The summed E-state index contributed by atoms with van der Waals surface area (Å²) >= 11 is 1.36. The van der Waals surface area contributed by atoms with Crippen molar-refractivity contribution in [1.82, 2.24) is 10.2 Å². The Morgan fingerprint density at radius 3 is 2.68 bits per heavy atom. The van der Waals surface area contributed by atoms with Crippen LogP contribution < -0.4 is 14.8 Å². The van der Waals surface area contributed by atoms with E-state index in [9.17, 15) is 18.0 Å². The minimum Gasteiger partial charge on any atom is -0.493 e. The van der Waals surface area contributed by atoms with E-state index >= 15 is 0 Å². The standard InChI is InChI=1S/C18H22F3N3O3S/c1-3-4-5-16-23-24-17(28-16)22-15(25)9-7-12-6-8-13(14(10-12)26-2)27-11-18(19,20)21/h6,8,10H,3-5,7,9,11H2,1-2H3,(H,22,24,25). The number of nitrogens with one attached hydrogen (secondary N) is 1. The third-order valence-electron chi connectivity index (χ3n) is 3.72. The summed E-state index contributed by atoms with van der Waals surface area (Å²) in [6.45, 7) is 0.695. The van der Waals surface area contributed by atoms with E-state index in [1.807, 2.05) is 0 Å². The summed E-state index contributed by atoms with van der Waals surface area (Å²) in [6, 6.07) is 4.57. The summed E-state index contributed by atoms with van der Waals surface area (Å²) in [5.41, 5.74) is 0.743. The molecule has 154 valence electrons. The van der Waals surface area contributed by atoms with Crippen LogP contribution in [0.2, 0.25) is 0 Å². The van der Waals surface area contributed by atoms with Crippen LogP contribution in [-0.2, 0) is 17.6 Å². The summed E-state index contributed by atoms with van der Waals surface area (Å²) in [5.74, 6) is -0.0251. The average Bonchev–Trinajstić information content (AvgIpc) is 3.09. The number of anilines is 1. The van der Waals surface area contributed by atoms with E-state index in [2.05, 4.69) is 22.4 Å². The maximum absolute atomic E-state index is 12.3. The summed E-state index contributed by atoms with van der Waals surface area (Å²) in [6.07, 6.45) is -0.924. The van der Waals surface area contributed by atoms with E-state index in [1.54, 1.807) is 12.1 Å². The Kier molecular flexibility index (Phi) is 8.04. The van der Waals surface area contributed by atoms with Crippen LogP contribution in [0.1, 0.15) is 36.8 Å². The quantitative estimate of drug-likeness (QED) is 0.620. The highest BCUT2D eigenvalue weighted by molar-refractivity contribution is 7.15. The highest BCUT2D eigenvalue weighted by Gasteiger charge is 2.29. The molecule has 28 heavy (non-hydrogen) atoms. The maximum Gasteiger partial charge on any atom is 0.422 e. The molecule has 1 amide bonds. The van der Waals surface area contributed by atoms with Gasteiger partial charge >= 0.3 is 6.18 Å². The lowest BCUT2D eigenvalue weighted by molar-refractivity contribution is -0.153. The number of hydrogen-bond acceptors (Lipinski definition) is 6. The molecule has 0 unspecified atom stereocenters. The molecule has 2 aromatic rings. The third kappa shape index (κ3) is 7.34. The Labute approximate surface area is 165 Å². The van der Waals surface area contributed by atoms with Crippen molar-refractivity contribution in [3.63, 3.8) is 0 Å². The Balaban J connectivity index is 1.87. The molecule has 0 atom stereocenters. The minimum atomic E-state index is -4.43. The predicted octanol–water partition coefficient (Wildman–Crippen LogP) is 4.40. The maximum atomic E-state index is 12.3. The number of nitrogens with zero attached hydrogens (tertiary/aromatic N) is 2. The van der Waals surface area contributed by atoms with Gasteiger partial charge in [-0.15, -0.1) is 10.2 Å². The van der Waals surface area contributed by atoms with E-state index < -0.39 is 12.8 Å². The number of amides is 1. The number of aryl methyl sites for hydroxylation is 2. The molecular formula is C18H22F3N3O3S. The molecule has 1 heterocycles. The highest BCUT2D eigenvalue weighted by atomic mass is 32.1. The van der Waals surface area contributed by atoms with Gasteiger partial charge in [-0.05, 0) is 30.5 Å². The largest absolute Gasteiger partial charge is 0.493 e. The fraction of sp³-hybridized carbons (Fsp3) is 0.500. The summed E-state index contributed by atoms with van der Waals surface area (Å²) in [4.78, 5) is 12.1. The number of ether oxygens (including phenoxy) is 2. The fourth-order valence-electron chi connectivity index (χ4n) is 2.32. The van der Waals surface area contributed by atoms with E-state index in [4.69, 9.17) is 9.47 Å². The molecule has 1 aromatic carbocycles. The normalized spacial score (nSPS) is 11.3. The molecule has 0 saturated heterocycles. The molecule has 0 bridgehead atoms. The number of benzene rings is 1. The number of halogens is 3. The highest BCUT2D eigenvalue weighted by Crippen LogP contribution is 2.30. The minimum absolute atomic E-state index is 0.00138. The first kappa shape index (κ1) is 21.9. The zero-order valence-electron chi connectivity index (χ0n) is 15.6. The van der Waals surface area contributed by atoms with Gasteiger partial charge in [0.15, 0.2) is 18.1 Å². The molecule has 0 aliphatic carbocycles. The van der Waals surface area contributed by atoms with E-state index in [1.165, 1.54) is 24.5 Å². The van der Waals surface area contributed by atoms with Gasteiger partial charge in [0.05, 0.1) is 7.11 Å². The molecule has 0 spiro atoms. The van der Waals surface area contributed by atoms with Crippen LogP contribution in [-0.4, -0.2) is 36.0 Å². The molecule has 0 fully saturated rings. The number of rotatable bonds is 10. The van der Waals surface area contributed by atoms with E-state index in [-0.39, 0.29) is 23.8 Å². The molecular weight excluding hydrogens is 395 g/mol. The molecule has 0 aliphatic heterocycles. The zero-order valence-corrected chi connectivity index (χ0v) is 16.5. The van der Waals surface area contributed by atoms with Gasteiger partial charge in [-0.2, -0.15) is 13.2 Å². The second-order valence-electron chi connectivity index (χ2n) is 6.04. The number of hydrogen-bond donors (Lipinski definition) is 1. The zero-order chi connectivity index (χ0) is 20.6. The molecule has 0 aliphatic rings. The van der Waals surface area contributed by atoms with Gasteiger partial charge in [-0.1, -0.05) is 30.7 Å². The Morgan fingerprint density at radius 2 is 2.00 bits per heavy atom. The van der Waals surface area contributed by atoms with Crippen molar-refractivity contribution in [1.29, 1.82) is 0 Å². The van der Waals surface area contributed by atoms with Crippen LogP contribution in [0.25, 0.3) is 0 Å². The second kappa shape index (κ2) is 10.3. The summed E-state index contributed by atoms with van der Waals surface area (Å²) in [7, 11) is 1.35. The molecule has 6 nitrogen and oxygen atoms in total. The number of aromatic nitrogens is 2. The predicted molar refractivity (Wildman–Crippen MR) is 100 cm³/mol. The second-order valence-corrected chi connectivity index (χ2v) is 7.10. The molecule has 0 saturated carbocycles. The number of alkyl halides is 3. The van der Waals surface area contributed by atoms with Crippen LogP contribution in [0, 0.1) is 0 Å². The SMILES string of the molecule is CCCCc1nnc(NC(=O)CCc2ccc(OCC(F)(F)F)c(OC)c2)s1. The van der Waals surface area contributed by atoms with Crippen molar-refractivity contribution >= 4 is 22.4 Å². The van der Waals surface area contributed by atoms with Crippen molar-refractivity contribution in [3.05, 3.63) is 28.8 Å². The van der Waals surface area contributed by atoms with Gasteiger partial charge < -0.3 is 14.8 Å². The van der Waals surface area contributed by atoms with Gasteiger partial charge in [-0.25, -0.2) is 0 Å². The van der Waals surface area contributed by atoms with Crippen molar-refractivity contribution in [2.75, 3.05) is 19.0 Å². The summed E-state index contributed by atoms with van der Waals surface area (Å²) < 4.78 is 46.7. The van der Waals surface area contributed by atoms with Gasteiger partial charge in [0.1, 0.15) is 5.01 Å². The molecule has 0 radical (unpaired) electrons. The molecule has 10 heteroatoms. The Hall–Kier alpha value is -2.36. The lowest BCUT2D eigenvalue weighted by Gasteiger charge is -2.13. The topological polar surface area (TPSA) is 73.3 Å².